The van der Waals surface area contributed by atoms with E-state index in [1.807, 2.05) is 31.2 Å². The summed E-state index contributed by atoms with van der Waals surface area (Å²) in [4.78, 5) is 11.8. The van der Waals surface area contributed by atoms with Crippen LogP contribution in [0.15, 0.2) is 28.7 Å². The summed E-state index contributed by atoms with van der Waals surface area (Å²) in [6, 6.07) is 7.80. The van der Waals surface area contributed by atoms with E-state index in [0.29, 0.717) is 13.0 Å². The van der Waals surface area contributed by atoms with Crippen molar-refractivity contribution < 1.29 is 4.79 Å². The first-order valence-electron chi connectivity index (χ1n) is 5.15. The first-order chi connectivity index (χ1) is 7.19. The number of ketones is 1. The molecule has 0 radical (unpaired) electrons. The quantitative estimate of drug-likeness (QED) is 0.893. The predicted molar refractivity (Wildman–Crippen MR) is 65.7 cm³/mol. The third-order valence-corrected chi connectivity index (χ3v) is 3.33. The van der Waals surface area contributed by atoms with Crippen LogP contribution in [0.5, 0.6) is 0 Å². The lowest BCUT2D eigenvalue weighted by Gasteiger charge is -2.11. The van der Waals surface area contributed by atoms with Gasteiger partial charge in [-0.25, -0.2) is 0 Å². The summed E-state index contributed by atoms with van der Waals surface area (Å²) in [5, 5.41) is 0. The Labute approximate surface area is 99.0 Å². The summed E-state index contributed by atoms with van der Waals surface area (Å²) in [6.07, 6.45) is 1.29. The number of hydrogen-bond acceptors (Lipinski definition) is 2. The lowest BCUT2D eigenvalue weighted by molar-refractivity contribution is -0.122. The van der Waals surface area contributed by atoms with Crippen LogP contribution in [0.25, 0.3) is 0 Å². The number of hydrogen-bond donors (Lipinski definition) is 1. The molecule has 1 atom stereocenters. The van der Waals surface area contributed by atoms with Crippen LogP contribution in [0.1, 0.15) is 18.9 Å². The molecule has 0 bridgehead atoms. The molecule has 0 saturated carbocycles. The van der Waals surface area contributed by atoms with Crippen LogP contribution in [-0.4, -0.2) is 12.3 Å². The Morgan fingerprint density at radius 2 is 2.13 bits per heavy atom. The second-order valence-electron chi connectivity index (χ2n) is 3.58. The molecule has 0 amide bonds. The zero-order valence-corrected chi connectivity index (χ0v) is 10.5. The Kier molecular flexibility index (Phi) is 4.99. The minimum absolute atomic E-state index is 0.00268. The zero-order chi connectivity index (χ0) is 11.3. The highest BCUT2D eigenvalue weighted by Crippen LogP contribution is 2.18. The molecule has 0 aliphatic carbocycles. The highest BCUT2D eigenvalue weighted by atomic mass is 79.9. The zero-order valence-electron chi connectivity index (χ0n) is 8.87. The second kappa shape index (κ2) is 6.03. The molecular formula is C12H16BrNO. The monoisotopic (exact) mass is 269 g/mol. The topological polar surface area (TPSA) is 43.1 Å². The average molecular weight is 270 g/mol. The van der Waals surface area contributed by atoms with Gasteiger partial charge in [0.15, 0.2) is 0 Å². The number of carbonyl (C=O) groups is 1. The summed E-state index contributed by atoms with van der Waals surface area (Å²) in [5.41, 5.74) is 6.58. The predicted octanol–water partition coefficient (Wildman–Crippen LogP) is 2.55. The van der Waals surface area contributed by atoms with Gasteiger partial charge in [0.25, 0.3) is 0 Å². The van der Waals surface area contributed by atoms with Crippen molar-refractivity contribution >= 4 is 21.7 Å². The Balaban J connectivity index is 2.70. The first-order valence-corrected chi connectivity index (χ1v) is 5.94. The molecule has 1 rings (SSSR count). The Bertz CT molecular complexity index is 334. The lowest BCUT2D eigenvalue weighted by Crippen LogP contribution is -2.24. The number of halogens is 1. The van der Waals surface area contributed by atoms with Crippen molar-refractivity contribution in [3.8, 4) is 0 Å². The van der Waals surface area contributed by atoms with Crippen LogP contribution in [-0.2, 0) is 11.2 Å². The number of nitrogens with two attached hydrogens (primary N) is 1. The van der Waals surface area contributed by atoms with E-state index in [0.717, 1.165) is 16.5 Å². The van der Waals surface area contributed by atoms with Crippen LogP contribution < -0.4 is 5.73 Å². The fourth-order valence-corrected chi connectivity index (χ4v) is 1.92. The van der Waals surface area contributed by atoms with E-state index in [9.17, 15) is 4.79 Å². The van der Waals surface area contributed by atoms with Gasteiger partial charge >= 0.3 is 0 Å². The molecular weight excluding hydrogens is 254 g/mol. The summed E-state index contributed by atoms with van der Waals surface area (Å²) < 4.78 is 0.991. The van der Waals surface area contributed by atoms with E-state index >= 15 is 0 Å². The van der Waals surface area contributed by atoms with Crippen molar-refractivity contribution in [2.24, 2.45) is 11.7 Å². The smallest absolute Gasteiger partial charge is 0.141 e. The molecule has 1 unspecified atom stereocenters. The van der Waals surface area contributed by atoms with Crippen molar-refractivity contribution in [1.82, 2.24) is 0 Å². The van der Waals surface area contributed by atoms with E-state index in [1.54, 1.807) is 0 Å². The maximum absolute atomic E-state index is 11.8. The van der Waals surface area contributed by atoms with Crippen LogP contribution in [0.2, 0.25) is 0 Å². The third-order valence-electron chi connectivity index (χ3n) is 2.56. The lowest BCUT2D eigenvalue weighted by atomic mass is 9.96. The van der Waals surface area contributed by atoms with Crippen molar-refractivity contribution in [2.45, 2.75) is 19.8 Å². The standard InChI is InChI=1S/C12H16BrNO/c1-2-9(8-14)12(15)7-10-5-3-4-6-11(10)13/h3-6,9H,2,7-8,14H2,1H3. The van der Waals surface area contributed by atoms with Crippen molar-refractivity contribution in [2.75, 3.05) is 6.54 Å². The number of carbonyl (C=O) groups excluding carboxylic acids is 1. The third kappa shape index (κ3) is 3.43. The molecule has 0 saturated heterocycles. The SMILES string of the molecule is CCC(CN)C(=O)Cc1ccccc1Br. The minimum atomic E-state index is -0.00268. The van der Waals surface area contributed by atoms with Gasteiger partial charge in [-0.05, 0) is 18.1 Å². The van der Waals surface area contributed by atoms with Crippen LogP contribution in [0.3, 0.4) is 0 Å². The first kappa shape index (κ1) is 12.4. The van der Waals surface area contributed by atoms with Crippen LogP contribution in [0.4, 0.5) is 0 Å². The van der Waals surface area contributed by atoms with Crippen LogP contribution >= 0.6 is 15.9 Å². The summed E-state index contributed by atoms with van der Waals surface area (Å²) in [7, 11) is 0. The van der Waals surface area contributed by atoms with Gasteiger partial charge in [0, 0.05) is 23.4 Å². The molecule has 0 spiro atoms. The summed E-state index contributed by atoms with van der Waals surface area (Å²) >= 11 is 3.43. The van der Waals surface area contributed by atoms with Gasteiger partial charge in [-0.15, -0.1) is 0 Å². The molecule has 1 aromatic carbocycles. The molecule has 0 heterocycles. The molecule has 15 heavy (non-hydrogen) atoms. The Morgan fingerprint density at radius 3 is 2.67 bits per heavy atom. The van der Waals surface area contributed by atoms with Gasteiger partial charge in [-0.2, -0.15) is 0 Å². The van der Waals surface area contributed by atoms with Gasteiger partial charge in [-0.3, -0.25) is 4.79 Å². The molecule has 0 aromatic heterocycles. The number of rotatable bonds is 5. The maximum atomic E-state index is 11.8. The normalized spacial score (nSPS) is 12.5. The van der Waals surface area contributed by atoms with Gasteiger partial charge < -0.3 is 5.73 Å². The number of Topliss-reactive ketones (excluding diaryl/α,β-unsaturated/α-hetero) is 1. The summed E-state index contributed by atoms with van der Waals surface area (Å²) in [5.74, 6) is 0.226. The Morgan fingerprint density at radius 1 is 1.47 bits per heavy atom. The maximum Gasteiger partial charge on any atom is 0.141 e. The van der Waals surface area contributed by atoms with Gasteiger partial charge in [0.2, 0.25) is 0 Å². The van der Waals surface area contributed by atoms with E-state index in [2.05, 4.69) is 15.9 Å². The summed E-state index contributed by atoms with van der Waals surface area (Å²) in [6.45, 7) is 2.44. The molecule has 0 aliphatic rings. The van der Waals surface area contributed by atoms with Gasteiger partial charge in [0.1, 0.15) is 5.78 Å². The van der Waals surface area contributed by atoms with Crippen molar-refractivity contribution in [3.63, 3.8) is 0 Å². The number of benzene rings is 1. The van der Waals surface area contributed by atoms with Crippen molar-refractivity contribution in [1.29, 1.82) is 0 Å². The molecule has 0 fully saturated rings. The second-order valence-corrected chi connectivity index (χ2v) is 4.43. The molecule has 82 valence electrons. The highest BCUT2D eigenvalue weighted by molar-refractivity contribution is 9.10. The minimum Gasteiger partial charge on any atom is -0.330 e. The molecule has 2 N–H and O–H groups in total. The van der Waals surface area contributed by atoms with E-state index < -0.39 is 0 Å². The van der Waals surface area contributed by atoms with Crippen LogP contribution in [0, 0.1) is 5.92 Å². The average Bonchev–Trinajstić information content (AvgIpc) is 2.23. The van der Waals surface area contributed by atoms with Gasteiger partial charge in [0.05, 0.1) is 0 Å². The molecule has 1 aromatic rings. The van der Waals surface area contributed by atoms with E-state index in [-0.39, 0.29) is 11.7 Å². The molecule has 0 aliphatic heterocycles. The highest BCUT2D eigenvalue weighted by Gasteiger charge is 2.15. The Hall–Kier alpha value is -0.670. The van der Waals surface area contributed by atoms with E-state index in [4.69, 9.17) is 5.73 Å². The molecule has 3 heteroatoms. The van der Waals surface area contributed by atoms with Gasteiger partial charge in [-0.1, -0.05) is 41.1 Å². The van der Waals surface area contributed by atoms with E-state index in [1.165, 1.54) is 0 Å². The molecule has 2 nitrogen and oxygen atoms in total. The fourth-order valence-electron chi connectivity index (χ4n) is 1.50. The fraction of sp³-hybridized carbons (Fsp3) is 0.417. The van der Waals surface area contributed by atoms with Crippen molar-refractivity contribution in [3.05, 3.63) is 34.3 Å². The largest absolute Gasteiger partial charge is 0.330 e.